The van der Waals surface area contributed by atoms with Gasteiger partial charge in [0, 0.05) is 6.42 Å². The van der Waals surface area contributed by atoms with Crippen LogP contribution in [0, 0.1) is 6.92 Å². The molecular formula is C8H10NO. The maximum absolute atomic E-state index is 5.01. The van der Waals surface area contributed by atoms with Crippen molar-refractivity contribution in [3.05, 3.63) is 37.4 Å². The first-order chi connectivity index (χ1) is 4.93. The van der Waals surface area contributed by atoms with Crippen molar-refractivity contribution in [2.45, 2.75) is 12.8 Å². The molecule has 0 spiro atoms. The van der Waals surface area contributed by atoms with E-state index in [0.717, 1.165) is 18.7 Å². The van der Waals surface area contributed by atoms with Crippen LogP contribution in [0.5, 0.6) is 0 Å². The van der Waals surface area contributed by atoms with Crippen LogP contribution in [0.25, 0.3) is 0 Å². The molecule has 0 fully saturated rings. The summed E-state index contributed by atoms with van der Waals surface area (Å²) in [7, 11) is 0. The van der Waals surface area contributed by atoms with Gasteiger partial charge in [-0.1, -0.05) is 12.2 Å². The Balaban J connectivity index is 2.28. The van der Waals surface area contributed by atoms with E-state index in [-0.39, 0.29) is 0 Å². The topological polar surface area (TPSA) is 26.0 Å². The lowest BCUT2D eigenvalue weighted by molar-refractivity contribution is 0.495. The van der Waals surface area contributed by atoms with Crippen molar-refractivity contribution in [1.82, 2.24) is 4.98 Å². The van der Waals surface area contributed by atoms with Gasteiger partial charge in [0.25, 0.3) is 0 Å². The Morgan fingerprint density at radius 3 is 3.20 bits per heavy atom. The highest BCUT2D eigenvalue weighted by Crippen LogP contribution is 1.98. The molecule has 1 heterocycles. The summed E-state index contributed by atoms with van der Waals surface area (Å²) in [5, 5.41) is 0. The summed E-state index contributed by atoms with van der Waals surface area (Å²) in [6.07, 6.45) is 8.82. The van der Waals surface area contributed by atoms with Crippen LogP contribution in [-0.4, -0.2) is 4.98 Å². The van der Waals surface area contributed by atoms with Crippen LogP contribution in [0.2, 0.25) is 0 Å². The van der Waals surface area contributed by atoms with Crippen LogP contribution in [-0.2, 0) is 6.42 Å². The van der Waals surface area contributed by atoms with Gasteiger partial charge in [-0.15, -0.1) is 0 Å². The number of oxazole rings is 1. The highest BCUT2D eigenvalue weighted by Gasteiger charge is 1.92. The van der Waals surface area contributed by atoms with Crippen LogP contribution in [0.4, 0.5) is 0 Å². The molecule has 0 N–H and O–H groups in total. The molecule has 0 aromatic carbocycles. The van der Waals surface area contributed by atoms with Gasteiger partial charge in [0.05, 0.1) is 6.20 Å². The van der Waals surface area contributed by atoms with Crippen molar-refractivity contribution in [1.29, 1.82) is 0 Å². The average Bonchev–Trinajstić information content (AvgIpc) is 2.41. The monoisotopic (exact) mass is 136 g/mol. The van der Waals surface area contributed by atoms with Crippen molar-refractivity contribution >= 4 is 0 Å². The van der Waals surface area contributed by atoms with Crippen LogP contribution in [0.15, 0.2) is 29.0 Å². The number of hydrogen-bond acceptors (Lipinski definition) is 2. The number of aromatic nitrogens is 1. The van der Waals surface area contributed by atoms with E-state index in [1.165, 1.54) is 0 Å². The fourth-order valence-corrected chi connectivity index (χ4v) is 0.701. The molecule has 10 heavy (non-hydrogen) atoms. The number of allylic oxidation sites excluding steroid dienone is 2. The second kappa shape index (κ2) is 3.88. The number of rotatable bonds is 3. The molecule has 0 atom stereocenters. The highest BCUT2D eigenvalue weighted by atomic mass is 16.3. The predicted molar refractivity (Wildman–Crippen MR) is 39.3 cm³/mol. The molecule has 0 aliphatic heterocycles. The molecule has 0 unspecified atom stereocenters. The summed E-state index contributed by atoms with van der Waals surface area (Å²) in [4.78, 5) is 3.97. The van der Waals surface area contributed by atoms with E-state index < -0.39 is 0 Å². The lowest BCUT2D eigenvalue weighted by Crippen LogP contribution is -1.80. The molecule has 1 aromatic heterocycles. The number of nitrogens with zero attached hydrogens (tertiary/aromatic N) is 1. The minimum absolute atomic E-state index is 0.790. The third-order valence-corrected chi connectivity index (χ3v) is 1.18. The second-order valence-electron chi connectivity index (χ2n) is 1.94. The lowest BCUT2D eigenvalue weighted by Gasteiger charge is -1.86. The standard InChI is InChI=1S/C8H10NO/c1-2-3-4-5-8-9-6-7-10-8/h2-3,6-7H,1,4-5H2. The quantitative estimate of drug-likeness (QED) is 0.635. The first-order valence-corrected chi connectivity index (χ1v) is 3.26. The Morgan fingerprint density at radius 1 is 1.70 bits per heavy atom. The summed E-state index contributed by atoms with van der Waals surface area (Å²) < 4.78 is 5.01. The van der Waals surface area contributed by atoms with Gasteiger partial charge in [0.1, 0.15) is 6.26 Å². The van der Waals surface area contributed by atoms with Crippen LogP contribution < -0.4 is 0 Å². The summed E-state index contributed by atoms with van der Waals surface area (Å²) in [5.41, 5.74) is 0. The SMILES string of the molecule is [CH2]C=CCCc1ncco1. The molecule has 0 aliphatic carbocycles. The molecule has 1 rings (SSSR count). The molecular weight excluding hydrogens is 126 g/mol. The van der Waals surface area contributed by atoms with E-state index in [1.54, 1.807) is 18.5 Å². The van der Waals surface area contributed by atoms with Gasteiger partial charge in [0.2, 0.25) is 0 Å². The second-order valence-corrected chi connectivity index (χ2v) is 1.94. The van der Waals surface area contributed by atoms with E-state index in [9.17, 15) is 0 Å². The summed E-state index contributed by atoms with van der Waals surface area (Å²) >= 11 is 0. The molecule has 2 nitrogen and oxygen atoms in total. The molecule has 0 saturated heterocycles. The predicted octanol–water partition coefficient (Wildman–Crippen LogP) is 2.00. The van der Waals surface area contributed by atoms with E-state index in [2.05, 4.69) is 11.9 Å². The van der Waals surface area contributed by atoms with E-state index in [1.807, 2.05) is 6.08 Å². The third-order valence-electron chi connectivity index (χ3n) is 1.18. The van der Waals surface area contributed by atoms with Crippen molar-refractivity contribution in [2.24, 2.45) is 0 Å². The van der Waals surface area contributed by atoms with Gasteiger partial charge in [-0.3, -0.25) is 0 Å². The molecule has 0 saturated carbocycles. The molecule has 53 valence electrons. The minimum Gasteiger partial charge on any atom is -0.449 e. The fraction of sp³-hybridized carbons (Fsp3) is 0.250. The average molecular weight is 136 g/mol. The lowest BCUT2D eigenvalue weighted by atomic mass is 10.3. The smallest absolute Gasteiger partial charge is 0.194 e. The Hall–Kier alpha value is -1.05. The maximum atomic E-state index is 5.01. The van der Waals surface area contributed by atoms with Gasteiger partial charge < -0.3 is 4.42 Å². The summed E-state index contributed by atoms with van der Waals surface area (Å²) in [6, 6.07) is 0. The van der Waals surface area contributed by atoms with Crippen molar-refractivity contribution < 1.29 is 4.42 Å². The minimum atomic E-state index is 0.790. The molecule has 0 aliphatic rings. The van der Waals surface area contributed by atoms with Crippen molar-refractivity contribution in [3.8, 4) is 0 Å². The van der Waals surface area contributed by atoms with Crippen molar-refractivity contribution in [2.75, 3.05) is 0 Å². The van der Waals surface area contributed by atoms with Crippen LogP contribution in [0.1, 0.15) is 12.3 Å². The van der Waals surface area contributed by atoms with Crippen molar-refractivity contribution in [3.63, 3.8) is 0 Å². The summed E-state index contributed by atoms with van der Waals surface area (Å²) in [6.45, 7) is 3.57. The Bertz CT molecular complexity index is 189. The van der Waals surface area contributed by atoms with Crippen LogP contribution in [0.3, 0.4) is 0 Å². The largest absolute Gasteiger partial charge is 0.449 e. The highest BCUT2D eigenvalue weighted by molar-refractivity contribution is 4.88. The van der Waals surface area contributed by atoms with E-state index in [4.69, 9.17) is 4.42 Å². The fourth-order valence-electron chi connectivity index (χ4n) is 0.701. The van der Waals surface area contributed by atoms with Crippen LogP contribution >= 0.6 is 0 Å². The Labute approximate surface area is 60.6 Å². The van der Waals surface area contributed by atoms with E-state index >= 15 is 0 Å². The van der Waals surface area contributed by atoms with Gasteiger partial charge in [0.15, 0.2) is 5.89 Å². The molecule has 1 aromatic rings. The molecule has 2 heteroatoms. The maximum Gasteiger partial charge on any atom is 0.194 e. The zero-order valence-corrected chi connectivity index (χ0v) is 5.79. The Morgan fingerprint density at radius 2 is 2.60 bits per heavy atom. The third kappa shape index (κ3) is 2.05. The number of aryl methyl sites for hydroxylation is 1. The normalized spacial score (nSPS) is 10.9. The van der Waals surface area contributed by atoms with E-state index in [0.29, 0.717) is 0 Å². The van der Waals surface area contributed by atoms with Gasteiger partial charge in [-0.25, -0.2) is 4.98 Å². The summed E-state index contributed by atoms with van der Waals surface area (Å²) in [5.74, 6) is 0.790. The zero-order chi connectivity index (χ0) is 7.23. The first kappa shape index (κ1) is 7.06. The van der Waals surface area contributed by atoms with Gasteiger partial charge >= 0.3 is 0 Å². The first-order valence-electron chi connectivity index (χ1n) is 3.26. The van der Waals surface area contributed by atoms with Gasteiger partial charge in [-0.2, -0.15) is 0 Å². The molecule has 0 amide bonds. The van der Waals surface area contributed by atoms with Gasteiger partial charge in [-0.05, 0) is 13.3 Å². The number of hydrogen-bond donors (Lipinski definition) is 0. The zero-order valence-electron chi connectivity index (χ0n) is 5.79. The molecule has 0 bridgehead atoms. The Kier molecular flexibility index (Phi) is 2.74. The molecule has 1 radical (unpaired) electrons.